The number of anilines is 1. The molecule has 0 aromatic carbocycles. The molecule has 0 aliphatic carbocycles. The Labute approximate surface area is 201 Å². The van der Waals surface area contributed by atoms with E-state index in [2.05, 4.69) is 19.8 Å². The maximum absolute atomic E-state index is 12.9. The third kappa shape index (κ3) is 4.44. The number of amides is 2. The number of carboxylic acids is 1. The first-order valence-electron chi connectivity index (χ1n) is 9.82. The number of carbonyl (C=O) groups excluding carboxylic acids is 3. The topological polar surface area (TPSA) is 187 Å². The van der Waals surface area contributed by atoms with Crippen molar-refractivity contribution < 1.29 is 34.0 Å². The number of thioether (sulfide) groups is 1. The van der Waals surface area contributed by atoms with Crippen LogP contribution >= 0.6 is 23.3 Å². The molecule has 1 unspecified atom stereocenters. The molecular weight excluding hydrogens is 486 g/mol. The fourth-order valence-electron chi connectivity index (χ4n) is 3.60. The second-order valence-corrected chi connectivity index (χ2v) is 9.11. The number of aliphatic hydroxyl groups excluding tert-OH is 1. The molecule has 34 heavy (non-hydrogen) atoms. The van der Waals surface area contributed by atoms with E-state index in [-0.39, 0.29) is 35.5 Å². The lowest BCUT2D eigenvalue weighted by atomic mass is 10.0. The van der Waals surface area contributed by atoms with Gasteiger partial charge in [-0.2, -0.15) is 9.36 Å². The molecule has 4 heterocycles. The van der Waals surface area contributed by atoms with E-state index in [1.54, 1.807) is 29.1 Å². The molecule has 4 N–H and O–H groups in total. The number of nitrogens with zero attached hydrogens (tertiary/aromatic N) is 5. The van der Waals surface area contributed by atoms with Crippen LogP contribution in [-0.2, 0) is 32.4 Å². The van der Waals surface area contributed by atoms with Gasteiger partial charge >= 0.3 is 0 Å². The summed E-state index contributed by atoms with van der Waals surface area (Å²) in [5, 5.41) is 26.9. The van der Waals surface area contributed by atoms with Crippen LogP contribution in [0.3, 0.4) is 0 Å². The number of nitrogens with one attached hydrogen (secondary N) is 1. The van der Waals surface area contributed by atoms with Crippen molar-refractivity contribution in [3.63, 3.8) is 0 Å². The summed E-state index contributed by atoms with van der Waals surface area (Å²) in [4.78, 5) is 47.3. The third-order valence-electron chi connectivity index (χ3n) is 5.05. The van der Waals surface area contributed by atoms with Crippen LogP contribution in [0.15, 0.2) is 41.0 Å². The Kier molecular flexibility index (Phi) is 6.76. The molecule has 4 rings (SSSR count). The standard InChI is InChI=1S/C19H19N7O6S2/c1-32-23-11(14-22-19(20)34-24-14)15(28)21-12-16(29)26-13(18(30)31)10(8-33-17(12)26)6-25-4-2-3-9(5-25)7-27/h2-5,12,17,27H,6-8H2,1H3,(H3-,20,21,22,24,28,30,31)/t12?,17-/m1/s1. The molecule has 2 aromatic heterocycles. The number of carbonyl (C=O) groups is 3. The van der Waals surface area contributed by atoms with Gasteiger partial charge in [0.2, 0.25) is 11.5 Å². The van der Waals surface area contributed by atoms with Crippen molar-refractivity contribution in [2.75, 3.05) is 18.6 Å². The molecular formula is C19H19N7O6S2. The number of carboxylic acid groups (broad SMARTS) is 1. The molecule has 15 heteroatoms. The van der Waals surface area contributed by atoms with E-state index in [9.17, 15) is 24.6 Å². The van der Waals surface area contributed by atoms with Crippen LogP contribution in [-0.4, -0.2) is 67.1 Å². The van der Waals surface area contributed by atoms with Crippen LogP contribution in [0.1, 0.15) is 11.4 Å². The summed E-state index contributed by atoms with van der Waals surface area (Å²) in [6.07, 6.45) is 3.42. The first-order chi connectivity index (χ1) is 16.3. The Balaban J connectivity index is 1.53. The van der Waals surface area contributed by atoms with E-state index >= 15 is 0 Å². The Bertz CT molecular complexity index is 1210. The van der Waals surface area contributed by atoms with Crippen molar-refractivity contribution in [2.45, 2.75) is 24.6 Å². The van der Waals surface area contributed by atoms with E-state index in [4.69, 9.17) is 10.6 Å². The minimum Gasteiger partial charge on any atom is -0.543 e. The van der Waals surface area contributed by atoms with Crippen molar-refractivity contribution in [1.29, 1.82) is 0 Å². The van der Waals surface area contributed by atoms with Crippen molar-refractivity contribution in [1.82, 2.24) is 19.6 Å². The SMILES string of the molecule is CON=C(C(=O)NC1C(=O)N2C(C(=O)[O-])=C(C[n+]3cccc(CO)c3)CS[C@H]12)c1nsc(N)n1. The normalized spacial score (nSPS) is 20.0. The minimum absolute atomic E-state index is 0.0542. The van der Waals surface area contributed by atoms with Gasteiger partial charge in [-0.3, -0.25) is 14.5 Å². The first kappa shape index (κ1) is 23.6. The van der Waals surface area contributed by atoms with Gasteiger partial charge in [-0.05, 0) is 6.07 Å². The average Bonchev–Trinajstić information content (AvgIpc) is 3.26. The van der Waals surface area contributed by atoms with Crippen LogP contribution < -0.4 is 20.7 Å². The van der Waals surface area contributed by atoms with Gasteiger partial charge in [0.25, 0.3) is 11.8 Å². The molecule has 0 radical (unpaired) electrons. The minimum atomic E-state index is -1.49. The number of aliphatic carboxylic acids is 1. The first-order valence-corrected chi connectivity index (χ1v) is 11.6. The second-order valence-electron chi connectivity index (χ2n) is 7.22. The smallest absolute Gasteiger partial charge is 0.278 e. The number of hydrogen-bond donors (Lipinski definition) is 3. The molecule has 2 aliphatic heterocycles. The van der Waals surface area contributed by atoms with Gasteiger partial charge in [-0.1, -0.05) is 5.16 Å². The molecule has 1 fully saturated rings. The summed E-state index contributed by atoms with van der Waals surface area (Å²) in [6, 6.07) is 2.48. The van der Waals surface area contributed by atoms with Gasteiger partial charge in [-0.25, -0.2) is 4.57 Å². The summed E-state index contributed by atoms with van der Waals surface area (Å²) in [5.74, 6) is -2.61. The number of β-lactam (4-membered cyclic amide) rings is 1. The number of aliphatic hydroxyl groups is 1. The van der Waals surface area contributed by atoms with Gasteiger partial charge in [-0.15, -0.1) is 11.8 Å². The van der Waals surface area contributed by atoms with Crippen molar-refractivity contribution in [3.8, 4) is 0 Å². The molecule has 13 nitrogen and oxygen atoms in total. The summed E-state index contributed by atoms with van der Waals surface area (Å²) >= 11 is 2.18. The maximum Gasteiger partial charge on any atom is 0.278 e. The number of aromatic nitrogens is 3. The number of pyridine rings is 1. The van der Waals surface area contributed by atoms with Crippen LogP contribution in [0.4, 0.5) is 5.13 Å². The Morgan fingerprint density at radius 2 is 2.29 bits per heavy atom. The van der Waals surface area contributed by atoms with Gasteiger partial charge in [0.15, 0.2) is 24.1 Å². The molecule has 1 saturated heterocycles. The van der Waals surface area contributed by atoms with E-state index < -0.39 is 29.2 Å². The summed E-state index contributed by atoms with van der Waals surface area (Å²) < 4.78 is 5.64. The van der Waals surface area contributed by atoms with E-state index in [0.717, 1.165) is 16.4 Å². The zero-order chi connectivity index (χ0) is 24.4. The molecule has 0 bridgehead atoms. The predicted octanol–water partition coefficient (Wildman–Crippen LogP) is -2.65. The molecule has 0 saturated carbocycles. The van der Waals surface area contributed by atoms with E-state index in [1.165, 1.54) is 18.9 Å². The fourth-order valence-corrected chi connectivity index (χ4v) is 5.37. The van der Waals surface area contributed by atoms with Gasteiger partial charge in [0.05, 0.1) is 18.3 Å². The fraction of sp³-hybridized carbons (Fsp3) is 0.316. The van der Waals surface area contributed by atoms with Crippen molar-refractivity contribution in [3.05, 3.63) is 47.2 Å². The van der Waals surface area contributed by atoms with Gasteiger partial charge in [0.1, 0.15) is 18.5 Å². The highest BCUT2D eigenvalue weighted by atomic mass is 32.2. The zero-order valence-electron chi connectivity index (χ0n) is 17.7. The summed E-state index contributed by atoms with van der Waals surface area (Å²) in [5.41, 5.74) is 6.21. The third-order valence-corrected chi connectivity index (χ3v) is 6.94. The van der Waals surface area contributed by atoms with Crippen LogP contribution in [0.2, 0.25) is 0 Å². The van der Waals surface area contributed by atoms with Crippen LogP contribution in [0.5, 0.6) is 0 Å². The number of fused-ring (bicyclic) bond motifs is 1. The highest BCUT2D eigenvalue weighted by Crippen LogP contribution is 2.40. The Morgan fingerprint density at radius 1 is 1.50 bits per heavy atom. The highest BCUT2D eigenvalue weighted by molar-refractivity contribution is 8.00. The number of nitrogens with two attached hydrogens (primary N) is 1. The quantitative estimate of drug-likeness (QED) is 0.148. The number of oxime groups is 1. The second kappa shape index (κ2) is 9.74. The maximum atomic E-state index is 12.9. The lowest BCUT2D eigenvalue weighted by molar-refractivity contribution is -0.689. The molecule has 2 aliphatic rings. The summed E-state index contributed by atoms with van der Waals surface area (Å²) in [6.45, 7) is 0.0344. The Hall–Kier alpha value is -3.56. The summed E-state index contributed by atoms with van der Waals surface area (Å²) in [7, 11) is 1.24. The number of hydrogen-bond acceptors (Lipinski definition) is 12. The highest BCUT2D eigenvalue weighted by Gasteiger charge is 2.53. The van der Waals surface area contributed by atoms with E-state index in [1.807, 2.05) is 0 Å². The van der Waals surface area contributed by atoms with E-state index in [0.29, 0.717) is 16.9 Å². The average molecular weight is 506 g/mol. The number of nitrogen functional groups attached to an aromatic ring is 1. The predicted molar refractivity (Wildman–Crippen MR) is 117 cm³/mol. The molecule has 2 amide bonds. The van der Waals surface area contributed by atoms with Crippen LogP contribution in [0, 0.1) is 0 Å². The lowest BCUT2D eigenvalue weighted by Crippen LogP contribution is -2.71. The van der Waals surface area contributed by atoms with Crippen LogP contribution in [0.25, 0.3) is 0 Å². The number of rotatable bonds is 8. The molecule has 0 spiro atoms. The molecule has 178 valence electrons. The monoisotopic (exact) mass is 505 g/mol. The molecule has 2 atom stereocenters. The van der Waals surface area contributed by atoms with Gasteiger partial charge < -0.3 is 30.9 Å². The zero-order valence-corrected chi connectivity index (χ0v) is 19.3. The van der Waals surface area contributed by atoms with Crippen molar-refractivity contribution >= 4 is 51.9 Å². The molecule has 2 aromatic rings. The van der Waals surface area contributed by atoms with Crippen molar-refractivity contribution in [2.24, 2.45) is 5.16 Å². The van der Waals surface area contributed by atoms with Gasteiger partial charge in [0, 0.05) is 34.5 Å². The lowest BCUT2D eigenvalue weighted by Gasteiger charge is -2.50. The largest absolute Gasteiger partial charge is 0.543 e. The Morgan fingerprint density at radius 3 is 2.94 bits per heavy atom.